The topological polar surface area (TPSA) is 20.2 Å². The van der Waals surface area contributed by atoms with Gasteiger partial charge in [0, 0.05) is 0 Å². The van der Waals surface area contributed by atoms with Crippen LogP contribution in [-0.2, 0) is 0 Å². The molecule has 0 aliphatic carbocycles. The van der Waals surface area contributed by atoms with Crippen LogP contribution in [0.15, 0.2) is 0 Å². The first kappa shape index (κ1) is 27.0. The van der Waals surface area contributed by atoms with Crippen LogP contribution in [-0.4, -0.2) is 11.2 Å². The van der Waals surface area contributed by atoms with Crippen molar-refractivity contribution < 1.29 is 5.11 Å². The molecule has 0 saturated carbocycles. The maximum absolute atomic E-state index is 9.82. The summed E-state index contributed by atoms with van der Waals surface area (Å²) in [5.41, 5.74) is 0. The van der Waals surface area contributed by atoms with Crippen LogP contribution in [0, 0.1) is 0 Å². The molecule has 0 rings (SSSR count). The lowest BCUT2D eigenvalue weighted by molar-refractivity contribution is 0.148. The van der Waals surface area contributed by atoms with Crippen molar-refractivity contribution in [3.63, 3.8) is 0 Å². The predicted octanol–water partition coefficient (Wildman–Crippen LogP) is 9.36. The van der Waals surface area contributed by atoms with E-state index >= 15 is 0 Å². The largest absolute Gasteiger partial charge is 0.393 e. The molecule has 1 N–H and O–H groups in total. The number of hydrogen-bond donors (Lipinski definition) is 1. The predicted molar refractivity (Wildman–Crippen MR) is 124 cm³/mol. The number of unbranched alkanes of at least 4 members (excludes halogenated alkanes) is 19. The van der Waals surface area contributed by atoms with E-state index in [1.807, 2.05) is 0 Å². The molecule has 27 heavy (non-hydrogen) atoms. The molecule has 1 unspecified atom stereocenters. The molecule has 0 aliphatic heterocycles. The highest BCUT2D eigenvalue weighted by Gasteiger charge is 2.02. The van der Waals surface area contributed by atoms with Crippen LogP contribution in [0.25, 0.3) is 0 Å². The van der Waals surface area contributed by atoms with Crippen molar-refractivity contribution in [2.24, 2.45) is 0 Å². The maximum atomic E-state index is 9.82. The molecule has 0 aromatic carbocycles. The highest BCUT2D eigenvalue weighted by atomic mass is 16.3. The van der Waals surface area contributed by atoms with Crippen molar-refractivity contribution in [1.82, 2.24) is 0 Å². The molecule has 0 amide bonds. The summed E-state index contributed by atoms with van der Waals surface area (Å²) >= 11 is 0. The third-order valence-corrected chi connectivity index (χ3v) is 6.03. The highest BCUT2D eigenvalue weighted by molar-refractivity contribution is 4.56. The Morgan fingerprint density at radius 1 is 0.370 bits per heavy atom. The molecule has 0 radical (unpaired) electrons. The Labute approximate surface area is 173 Å². The fraction of sp³-hybridized carbons (Fsp3) is 1.00. The van der Waals surface area contributed by atoms with Gasteiger partial charge in [-0.2, -0.15) is 0 Å². The standard InChI is InChI=1S/C26H54O/c1-3-5-7-8-9-10-11-12-13-14-15-16-17-18-19-20-21-22-23-25-26(27)24-6-4-2/h26-27H,3-25H2,1-2H3. The molecule has 1 nitrogen and oxygen atoms in total. The van der Waals surface area contributed by atoms with Crippen LogP contribution in [0.1, 0.15) is 162 Å². The first-order chi connectivity index (χ1) is 13.3. The molecule has 164 valence electrons. The molecule has 0 bridgehead atoms. The third kappa shape index (κ3) is 23.9. The van der Waals surface area contributed by atoms with E-state index in [2.05, 4.69) is 13.8 Å². The zero-order valence-electron chi connectivity index (χ0n) is 19.3. The normalized spacial score (nSPS) is 12.6. The lowest BCUT2D eigenvalue weighted by Crippen LogP contribution is -2.05. The summed E-state index contributed by atoms with van der Waals surface area (Å²) in [6.07, 6.45) is 31.5. The van der Waals surface area contributed by atoms with Gasteiger partial charge in [0.05, 0.1) is 6.10 Å². The smallest absolute Gasteiger partial charge is 0.0540 e. The minimum Gasteiger partial charge on any atom is -0.393 e. The Bertz CT molecular complexity index is 251. The Kier molecular flexibility index (Phi) is 24.0. The van der Waals surface area contributed by atoms with Crippen molar-refractivity contribution in [3.05, 3.63) is 0 Å². The second-order valence-corrected chi connectivity index (χ2v) is 8.95. The number of hydrogen-bond acceptors (Lipinski definition) is 1. The average Bonchev–Trinajstić information content (AvgIpc) is 2.68. The summed E-state index contributed by atoms with van der Waals surface area (Å²) in [6.45, 7) is 4.49. The first-order valence-corrected chi connectivity index (χ1v) is 13.0. The number of aliphatic hydroxyl groups is 1. The van der Waals surface area contributed by atoms with Crippen LogP contribution in [0.2, 0.25) is 0 Å². The minimum absolute atomic E-state index is 0.0317. The van der Waals surface area contributed by atoms with Gasteiger partial charge in [-0.25, -0.2) is 0 Å². The van der Waals surface area contributed by atoms with E-state index in [0.29, 0.717) is 0 Å². The van der Waals surface area contributed by atoms with Crippen LogP contribution in [0.5, 0.6) is 0 Å². The molecular formula is C26H54O. The molecule has 0 fully saturated rings. The van der Waals surface area contributed by atoms with Crippen LogP contribution in [0.4, 0.5) is 0 Å². The second-order valence-electron chi connectivity index (χ2n) is 8.95. The average molecular weight is 383 g/mol. The summed E-state index contributed by atoms with van der Waals surface area (Å²) in [5, 5.41) is 9.82. The Morgan fingerprint density at radius 2 is 0.630 bits per heavy atom. The Morgan fingerprint density at radius 3 is 0.963 bits per heavy atom. The SMILES string of the molecule is CCCCCCCCCCCCCCCCCCCCCC(O)CCCC. The highest BCUT2D eigenvalue weighted by Crippen LogP contribution is 2.15. The minimum atomic E-state index is -0.0317. The molecule has 0 spiro atoms. The van der Waals surface area contributed by atoms with Crippen LogP contribution >= 0.6 is 0 Å². The summed E-state index contributed by atoms with van der Waals surface area (Å²) in [7, 11) is 0. The number of rotatable bonds is 23. The van der Waals surface area contributed by atoms with E-state index in [-0.39, 0.29) is 6.10 Å². The zero-order chi connectivity index (χ0) is 19.8. The van der Waals surface area contributed by atoms with E-state index < -0.39 is 0 Å². The summed E-state index contributed by atoms with van der Waals surface area (Å²) in [6, 6.07) is 0. The maximum Gasteiger partial charge on any atom is 0.0540 e. The van der Waals surface area contributed by atoms with Crippen molar-refractivity contribution >= 4 is 0 Å². The molecule has 0 aliphatic rings. The lowest BCUT2D eigenvalue weighted by atomic mass is 10.0. The first-order valence-electron chi connectivity index (χ1n) is 13.0. The quantitative estimate of drug-likeness (QED) is 0.174. The van der Waals surface area contributed by atoms with E-state index in [0.717, 1.165) is 12.8 Å². The van der Waals surface area contributed by atoms with Gasteiger partial charge in [-0.1, -0.05) is 149 Å². The van der Waals surface area contributed by atoms with Gasteiger partial charge < -0.3 is 5.11 Å². The van der Waals surface area contributed by atoms with Gasteiger partial charge in [0.1, 0.15) is 0 Å². The summed E-state index contributed by atoms with van der Waals surface area (Å²) in [5.74, 6) is 0. The van der Waals surface area contributed by atoms with Crippen LogP contribution in [0.3, 0.4) is 0 Å². The van der Waals surface area contributed by atoms with Crippen molar-refractivity contribution in [2.75, 3.05) is 0 Å². The molecule has 0 aromatic rings. The van der Waals surface area contributed by atoms with E-state index in [1.165, 1.54) is 135 Å². The van der Waals surface area contributed by atoms with Gasteiger partial charge in [0.2, 0.25) is 0 Å². The third-order valence-electron chi connectivity index (χ3n) is 6.03. The van der Waals surface area contributed by atoms with Gasteiger partial charge in [-0.3, -0.25) is 0 Å². The van der Waals surface area contributed by atoms with Gasteiger partial charge in [0.25, 0.3) is 0 Å². The van der Waals surface area contributed by atoms with Crippen molar-refractivity contribution in [3.8, 4) is 0 Å². The summed E-state index contributed by atoms with van der Waals surface area (Å²) in [4.78, 5) is 0. The van der Waals surface area contributed by atoms with Crippen molar-refractivity contribution in [1.29, 1.82) is 0 Å². The fourth-order valence-corrected chi connectivity index (χ4v) is 4.04. The lowest BCUT2D eigenvalue weighted by Gasteiger charge is -2.09. The molecule has 0 heterocycles. The Balaban J connectivity index is 3.03. The second kappa shape index (κ2) is 24.0. The monoisotopic (exact) mass is 382 g/mol. The molecule has 0 aromatic heterocycles. The van der Waals surface area contributed by atoms with Gasteiger partial charge in [0.15, 0.2) is 0 Å². The molecule has 1 heteroatoms. The van der Waals surface area contributed by atoms with E-state index in [4.69, 9.17) is 0 Å². The van der Waals surface area contributed by atoms with Gasteiger partial charge in [-0.05, 0) is 12.8 Å². The van der Waals surface area contributed by atoms with E-state index in [1.54, 1.807) is 0 Å². The molecule has 1 atom stereocenters. The number of aliphatic hydroxyl groups excluding tert-OH is 1. The Hall–Kier alpha value is -0.0400. The molecular weight excluding hydrogens is 328 g/mol. The zero-order valence-corrected chi connectivity index (χ0v) is 19.3. The fourth-order valence-electron chi connectivity index (χ4n) is 4.04. The molecule has 0 saturated heterocycles. The van der Waals surface area contributed by atoms with Gasteiger partial charge >= 0.3 is 0 Å². The van der Waals surface area contributed by atoms with Crippen LogP contribution < -0.4 is 0 Å². The van der Waals surface area contributed by atoms with Crippen molar-refractivity contribution in [2.45, 2.75) is 168 Å². The summed E-state index contributed by atoms with van der Waals surface area (Å²) < 4.78 is 0. The van der Waals surface area contributed by atoms with Gasteiger partial charge in [-0.15, -0.1) is 0 Å². The van der Waals surface area contributed by atoms with E-state index in [9.17, 15) is 5.11 Å².